The molecule has 2 aromatic rings. The summed E-state index contributed by atoms with van der Waals surface area (Å²) in [5.41, 5.74) is 2.14. The zero-order valence-electron chi connectivity index (χ0n) is 14.5. The van der Waals surface area contributed by atoms with Crippen LogP contribution in [0.1, 0.15) is 29.3 Å². The standard InChI is InChI=1S/C20H18ClNO4/c1-12-3-6-16(10-18(12)21)22-11-15(9-19(22)24)20(25)26-17-7-4-14(5-8-17)13(2)23/h3-8,10,15H,9,11H2,1-2H3/t15-/m0/s1. The van der Waals surface area contributed by atoms with Crippen LogP contribution in [-0.2, 0) is 9.59 Å². The average Bonchev–Trinajstić information content (AvgIpc) is 3.00. The van der Waals surface area contributed by atoms with E-state index in [0.717, 1.165) is 5.56 Å². The van der Waals surface area contributed by atoms with E-state index in [1.54, 1.807) is 35.2 Å². The third-order valence-electron chi connectivity index (χ3n) is 4.40. The van der Waals surface area contributed by atoms with Crippen molar-refractivity contribution in [3.63, 3.8) is 0 Å². The molecule has 2 aromatic carbocycles. The minimum atomic E-state index is -0.546. The van der Waals surface area contributed by atoms with Crippen molar-refractivity contribution < 1.29 is 19.1 Å². The van der Waals surface area contributed by atoms with Gasteiger partial charge in [0.25, 0.3) is 0 Å². The number of nitrogens with zero attached hydrogens (tertiary/aromatic N) is 1. The van der Waals surface area contributed by atoms with Crippen molar-refractivity contribution >= 4 is 34.9 Å². The Balaban J connectivity index is 1.68. The number of Topliss-reactive ketones (excluding diaryl/α,β-unsaturated/α-hetero) is 1. The predicted molar refractivity (Wildman–Crippen MR) is 98.7 cm³/mol. The van der Waals surface area contributed by atoms with E-state index in [0.29, 0.717) is 22.0 Å². The molecule has 0 N–H and O–H groups in total. The number of halogens is 1. The Labute approximate surface area is 156 Å². The summed E-state index contributed by atoms with van der Waals surface area (Å²) in [7, 11) is 0. The lowest BCUT2D eigenvalue weighted by atomic mass is 10.1. The van der Waals surface area contributed by atoms with E-state index >= 15 is 0 Å². The Kier molecular flexibility index (Phi) is 5.09. The SMILES string of the molecule is CC(=O)c1ccc(OC(=O)[C@H]2CC(=O)N(c3ccc(C)c(Cl)c3)C2)cc1. The van der Waals surface area contributed by atoms with E-state index in [-0.39, 0.29) is 24.7 Å². The van der Waals surface area contributed by atoms with Gasteiger partial charge in [-0.1, -0.05) is 17.7 Å². The Morgan fingerprint density at radius 3 is 2.46 bits per heavy atom. The second-order valence-electron chi connectivity index (χ2n) is 6.34. The average molecular weight is 372 g/mol. The molecule has 134 valence electrons. The summed E-state index contributed by atoms with van der Waals surface area (Å²) in [5.74, 6) is -0.857. The highest BCUT2D eigenvalue weighted by Gasteiger charge is 2.36. The van der Waals surface area contributed by atoms with Crippen molar-refractivity contribution in [1.29, 1.82) is 0 Å². The highest BCUT2D eigenvalue weighted by atomic mass is 35.5. The lowest BCUT2D eigenvalue weighted by molar-refractivity contribution is -0.139. The molecule has 1 amide bonds. The number of rotatable bonds is 4. The number of hydrogen-bond donors (Lipinski definition) is 0. The van der Waals surface area contributed by atoms with Crippen LogP contribution < -0.4 is 9.64 Å². The van der Waals surface area contributed by atoms with Crippen LogP contribution in [0.25, 0.3) is 0 Å². The second-order valence-corrected chi connectivity index (χ2v) is 6.75. The molecule has 1 aliphatic rings. The largest absolute Gasteiger partial charge is 0.426 e. The van der Waals surface area contributed by atoms with Crippen molar-refractivity contribution in [1.82, 2.24) is 0 Å². The maximum Gasteiger partial charge on any atom is 0.316 e. The Hall–Kier alpha value is -2.66. The molecular weight excluding hydrogens is 354 g/mol. The number of carbonyl (C=O) groups is 3. The van der Waals surface area contributed by atoms with Gasteiger partial charge in [0.2, 0.25) is 5.91 Å². The second kappa shape index (κ2) is 7.30. The summed E-state index contributed by atoms with van der Waals surface area (Å²) in [6, 6.07) is 11.7. The molecule has 5 nitrogen and oxygen atoms in total. The maximum absolute atomic E-state index is 12.4. The summed E-state index contributed by atoms with van der Waals surface area (Å²) in [6.45, 7) is 3.61. The monoisotopic (exact) mass is 371 g/mol. The van der Waals surface area contributed by atoms with Crippen LogP contribution in [-0.4, -0.2) is 24.2 Å². The number of benzene rings is 2. The predicted octanol–water partition coefficient (Wildman–Crippen LogP) is 3.81. The van der Waals surface area contributed by atoms with Gasteiger partial charge in [-0.15, -0.1) is 0 Å². The van der Waals surface area contributed by atoms with E-state index in [1.165, 1.54) is 6.92 Å². The summed E-state index contributed by atoms with van der Waals surface area (Å²) < 4.78 is 5.35. The van der Waals surface area contributed by atoms with E-state index < -0.39 is 11.9 Å². The summed E-state index contributed by atoms with van der Waals surface area (Å²) >= 11 is 6.13. The molecule has 0 radical (unpaired) electrons. The van der Waals surface area contributed by atoms with Gasteiger partial charge in [-0.3, -0.25) is 14.4 Å². The smallest absolute Gasteiger partial charge is 0.316 e. The molecule has 1 heterocycles. The number of hydrogen-bond acceptors (Lipinski definition) is 4. The highest BCUT2D eigenvalue weighted by molar-refractivity contribution is 6.31. The number of ketones is 1. The molecule has 0 aliphatic carbocycles. The van der Waals surface area contributed by atoms with Crippen molar-refractivity contribution in [2.24, 2.45) is 5.92 Å². The quantitative estimate of drug-likeness (QED) is 0.465. The van der Waals surface area contributed by atoms with Crippen molar-refractivity contribution in [3.8, 4) is 5.75 Å². The molecule has 1 aliphatic heterocycles. The van der Waals surface area contributed by atoms with Crippen LogP contribution in [0.5, 0.6) is 5.75 Å². The summed E-state index contributed by atoms with van der Waals surface area (Å²) in [5, 5.41) is 0.576. The minimum Gasteiger partial charge on any atom is -0.426 e. The first-order valence-electron chi connectivity index (χ1n) is 8.24. The fourth-order valence-electron chi connectivity index (χ4n) is 2.82. The van der Waals surface area contributed by atoms with Crippen molar-refractivity contribution in [2.45, 2.75) is 20.3 Å². The number of ether oxygens (including phenoxy) is 1. The lowest BCUT2D eigenvalue weighted by Gasteiger charge is -2.17. The normalized spacial score (nSPS) is 16.7. The zero-order chi connectivity index (χ0) is 18.8. The highest BCUT2D eigenvalue weighted by Crippen LogP contribution is 2.29. The van der Waals surface area contributed by atoms with E-state index in [4.69, 9.17) is 16.3 Å². The van der Waals surface area contributed by atoms with Gasteiger partial charge in [-0.05, 0) is 55.8 Å². The number of esters is 1. The Morgan fingerprint density at radius 1 is 1.15 bits per heavy atom. The molecule has 0 unspecified atom stereocenters. The first-order chi connectivity index (χ1) is 12.3. The van der Waals surface area contributed by atoms with Crippen LogP contribution in [0.4, 0.5) is 5.69 Å². The molecule has 26 heavy (non-hydrogen) atoms. The lowest BCUT2D eigenvalue weighted by Crippen LogP contribution is -2.27. The first kappa shape index (κ1) is 18.1. The van der Waals surface area contributed by atoms with Crippen molar-refractivity contribution in [3.05, 3.63) is 58.6 Å². The molecule has 0 spiro atoms. The van der Waals surface area contributed by atoms with Gasteiger partial charge in [0.05, 0.1) is 5.92 Å². The van der Waals surface area contributed by atoms with Gasteiger partial charge in [0, 0.05) is 29.2 Å². The minimum absolute atomic E-state index is 0.0586. The molecule has 6 heteroatoms. The van der Waals surface area contributed by atoms with Gasteiger partial charge >= 0.3 is 5.97 Å². The number of carbonyl (C=O) groups excluding carboxylic acids is 3. The van der Waals surface area contributed by atoms with Gasteiger partial charge in [0.1, 0.15) is 5.75 Å². The Bertz CT molecular complexity index is 876. The number of aryl methyl sites for hydroxylation is 1. The summed E-state index contributed by atoms with van der Waals surface area (Å²) in [6.07, 6.45) is 0.0931. The van der Waals surface area contributed by atoms with Crippen LogP contribution in [0.2, 0.25) is 5.02 Å². The molecule has 0 aromatic heterocycles. The van der Waals surface area contributed by atoms with Gasteiger partial charge in [-0.25, -0.2) is 0 Å². The molecule has 0 saturated carbocycles. The third-order valence-corrected chi connectivity index (χ3v) is 4.81. The topological polar surface area (TPSA) is 63.7 Å². The molecule has 3 rings (SSSR count). The number of anilines is 1. The Morgan fingerprint density at radius 2 is 1.85 bits per heavy atom. The van der Waals surface area contributed by atoms with E-state index in [9.17, 15) is 14.4 Å². The van der Waals surface area contributed by atoms with Crippen molar-refractivity contribution in [2.75, 3.05) is 11.4 Å². The summed E-state index contributed by atoms with van der Waals surface area (Å²) in [4.78, 5) is 37.5. The zero-order valence-corrected chi connectivity index (χ0v) is 15.2. The van der Waals surface area contributed by atoms with Crippen LogP contribution in [0.15, 0.2) is 42.5 Å². The fraction of sp³-hybridized carbons (Fsp3) is 0.250. The van der Waals surface area contributed by atoms with Crippen LogP contribution >= 0.6 is 11.6 Å². The molecule has 1 saturated heterocycles. The maximum atomic E-state index is 12.4. The molecule has 1 atom stereocenters. The van der Waals surface area contributed by atoms with Crippen LogP contribution in [0.3, 0.4) is 0 Å². The fourth-order valence-corrected chi connectivity index (χ4v) is 3.00. The molecular formula is C20H18ClNO4. The van der Waals surface area contributed by atoms with Gasteiger partial charge in [0.15, 0.2) is 5.78 Å². The van der Waals surface area contributed by atoms with Crippen LogP contribution in [0, 0.1) is 12.8 Å². The van der Waals surface area contributed by atoms with Gasteiger partial charge in [-0.2, -0.15) is 0 Å². The van der Waals surface area contributed by atoms with Gasteiger partial charge < -0.3 is 9.64 Å². The van der Waals surface area contributed by atoms with E-state index in [2.05, 4.69) is 0 Å². The number of amides is 1. The van der Waals surface area contributed by atoms with E-state index in [1.807, 2.05) is 19.1 Å². The third kappa shape index (κ3) is 3.78. The molecule has 1 fully saturated rings. The molecule has 0 bridgehead atoms. The first-order valence-corrected chi connectivity index (χ1v) is 8.62.